The summed E-state index contributed by atoms with van der Waals surface area (Å²) < 4.78 is 10.9. The quantitative estimate of drug-likeness (QED) is 0.446. The smallest absolute Gasteiger partial charge is 0.275 e. The second-order valence-corrected chi connectivity index (χ2v) is 5.98. The summed E-state index contributed by atoms with van der Waals surface area (Å²) in [5.41, 5.74) is -0.174. The van der Waals surface area contributed by atoms with Crippen LogP contribution in [0, 0.1) is 20.2 Å². The van der Waals surface area contributed by atoms with Crippen molar-refractivity contribution < 1.29 is 24.1 Å². The molecule has 10 nitrogen and oxygen atoms in total. The van der Waals surface area contributed by atoms with Crippen LogP contribution < -0.4 is 14.8 Å². The van der Waals surface area contributed by atoms with E-state index in [4.69, 9.17) is 9.47 Å². The van der Waals surface area contributed by atoms with Crippen LogP contribution in [0.25, 0.3) is 0 Å². The number of nitrogens with zero attached hydrogens (tertiary/aromatic N) is 2. The Labute approximate surface area is 170 Å². The lowest BCUT2D eigenvalue weighted by Gasteiger charge is -2.12. The van der Waals surface area contributed by atoms with Gasteiger partial charge in [0.25, 0.3) is 17.3 Å². The van der Waals surface area contributed by atoms with E-state index in [1.54, 1.807) is 24.3 Å². The van der Waals surface area contributed by atoms with Crippen LogP contribution in [0.5, 0.6) is 17.2 Å². The minimum Gasteiger partial charge on any atom is -0.493 e. The van der Waals surface area contributed by atoms with Crippen molar-refractivity contribution in [2.75, 3.05) is 12.4 Å². The van der Waals surface area contributed by atoms with Gasteiger partial charge in [0.1, 0.15) is 5.75 Å². The SMILES string of the molecule is COc1ccccc1Oc1cc(NC(=O)c2ccc([N+](=O)[O-])cc2)cc([N+](=O)[O-])c1. The van der Waals surface area contributed by atoms with Gasteiger partial charge in [-0.3, -0.25) is 25.0 Å². The maximum absolute atomic E-state index is 12.4. The van der Waals surface area contributed by atoms with Crippen molar-refractivity contribution in [1.29, 1.82) is 0 Å². The molecule has 0 saturated heterocycles. The number of para-hydroxylation sites is 2. The average Bonchev–Trinajstić information content (AvgIpc) is 2.74. The van der Waals surface area contributed by atoms with Gasteiger partial charge in [0.2, 0.25) is 0 Å². The molecule has 0 radical (unpaired) electrons. The van der Waals surface area contributed by atoms with Crippen LogP contribution in [0.2, 0.25) is 0 Å². The van der Waals surface area contributed by atoms with Crippen molar-refractivity contribution in [3.8, 4) is 17.2 Å². The lowest BCUT2D eigenvalue weighted by atomic mass is 10.2. The molecule has 152 valence electrons. The molecule has 0 aliphatic carbocycles. The van der Waals surface area contributed by atoms with Gasteiger partial charge in [-0.2, -0.15) is 0 Å². The van der Waals surface area contributed by atoms with E-state index in [1.807, 2.05) is 0 Å². The molecule has 0 spiro atoms. The molecule has 30 heavy (non-hydrogen) atoms. The van der Waals surface area contributed by atoms with Crippen LogP contribution >= 0.6 is 0 Å². The zero-order chi connectivity index (χ0) is 21.7. The number of amides is 1. The van der Waals surface area contributed by atoms with E-state index < -0.39 is 15.8 Å². The summed E-state index contributed by atoms with van der Waals surface area (Å²) in [6.45, 7) is 0. The number of hydrogen-bond donors (Lipinski definition) is 1. The summed E-state index contributed by atoms with van der Waals surface area (Å²) in [6.07, 6.45) is 0. The van der Waals surface area contributed by atoms with Crippen molar-refractivity contribution >= 4 is 23.0 Å². The fourth-order valence-corrected chi connectivity index (χ4v) is 2.59. The lowest BCUT2D eigenvalue weighted by molar-refractivity contribution is -0.385. The van der Waals surface area contributed by atoms with Crippen LogP contribution in [-0.2, 0) is 0 Å². The van der Waals surface area contributed by atoms with Crippen molar-refractivity contribution in [3.05, 3.63) is 92.5 Å². The average molecular weight is 409 g/mol. The van der Waals surface area contributed by atoms with Gasteiger partial charge in [0, 0.05) is 29.8 Å². The van der Waals surface area contributed by atoms with Crippen molar-refractivity contribution in [2.24, 2.45) is 0 Å². The van der Waals surface area contributed by atoms with Gasteiger partial charge in [-0.25, -0.2) is 0 Å². The highest BCUT2D eigenvalue weighted by Crippen LogP contribution is 2.34. The van der Waals surface area contributed by atoms with Gasteiger partial charge in [0.05, 0.1) is 28.7 Å². The van der Waals surface area contributed by atoms with Gasteiger partial charge in [-0.05, 0) is 24.3 Å². The summed E-state index contributed by atoms with van der Waals surface area (Å²) in [6, 6.07) is 15.5. The lowest BCUT2D eigenvalue weighted by Crippen LogP contribution is -2.12. The maximum atomic E-state index is 12.4. The standard InChI is InChI=1S/C20H15N3O7/c1-29-18-4-2-3-5-19(18)30-17-11-14(10-16(12-17)23(27)28)21-20(24)13-6-8-15(9-7-13)22(25)26/h2-12H,1H3,(H,21,24). The summed E-state index contributed by atoms with van der Waals surface area (Å²) in [7, 11) is 1.46. The molecule has 1 N–H and O–H groups in total. The Morgan fingerprint density at radius 3 is 2.10 bits per heavy atom. The zero-order valence-corrected chi connectivity index (χ0v) is 15.6. The Hall–Kier alpha value is -4.47. The largest absolute Gasteiger partial charge is 0.493 e. The molecule has 0 saturated carbocycles. The fraction of sp³-hybridized carbons (Fsp3) is 0.0500. The minimum absolute atomic E-state index is 0.118. The van der Waals surface area contributed by atoms with E-state index in [1.165, 1.54) is 49.6 Å². The molecule has 0 aliphatic heterocycles. The number of rotatable bonds is 7. The van der Waals surface area contributed by atoms with Crippen LogP contribution in [0.3, 0.4) is 0 Å². The summed E-state index contributed by atoms with van der Waals surface area (Å²) in [4.78, 5) is 33.3. The highest BCUT2D eigenvalue weighted by atomic mass is 16.6. The first-order valence-corrected chi connectivity index (χ1v) is 8.53. The molecular weight excluding hydrogens is 394 g/mol. The highest BCUT2D eigenvalue weighted by molar-refractivity contribution is 6.04. The molecule has 1 amide bonds. The van der Waals surface area contributed by atoms with E-state index in [9.17, 15) is 25.0 Å². The van der Waals surface area contributed by atoms with E-state index in [0.717, 1.165) is 0 Å². The van der Waals surface area contributed by atoms with Crippen molar-refractivity contribution in [3.63, 3.8) is 0 Å². The number of ether oxygens (including phenoxy) is 2. The molecule has 0 aromatic heterocycles. The molecule has 0 atom stereocenters. The van der Waals surface area contributed by atoms with Crippen LogP contribution in [0.1, 0.15) is 10.4 Å². The first-order chi connectivity index (χ1) is 14.4. The molecule has 3 aromatic rings. The molecule has 0 bridgehead atoms. The Morgan fingerprint density at radius 1 is 0.867 bits per heavy atom. The monoisotopic (exact) mass is 409 g/mol. The third-order valence-electron chi connectivity index (χ3n) is 4.00. The van der Waals surface area contributed by atoms with Gasteiger partial charge in [-0.15, -0.1) is 0 Å². The number of carbonyl (C=O) groups is 1. The Balaban J connectivity index is 1.88. The minimum atomic E-state index is -0.614. The first-order valence-electron chi connectivity index (χ1n) is 8.53. The van der Waals surface area contributed by atoms with Crippen molar-refractivity contribution in [2.45, 2.75) is 0 Å². The zero-order valence-electron chi connectivity index (χ0n) is 15.6. The first kappa shape index (κ1) is 20.3. The molecule has 0 heterocycles. The molecule has 0 unspecified atom stereocenters. The summed E-state index contributed by atoms with van der Waals surface area (Å²) in [5, 5.41) is 24.5. The predicted molar refractivity (Wildman–Crippen MR) is 107 cm³/mol. The molecule has 3 aromatic carbocycles. The number of nitro benzene ring substituents is 2. The number of benzene rings is 3. The molecular formula is C20H15N3O7. The molecule has 10 heteroatoms. The van der Waals surface area contributed by atoms with E-state index in [2.05, 4.69) is 5.32 Å². The molecule has 3 rings (SSSR count). The number of non-ortho nitro benzene ring substituents is 2. The summed E-state index contributed by atoms with van der Waals surface area (Å²) in [5.74, 6) is 0.301. The maximum Gasteiger partial charge on any atom is 0.275 e. The number of anilines is 1. The van der Waals surface area contributed by atoms with Crippen LogP contribution in [0.4, 0.5) is 17.1 Å². The van der Waals surface area contributed by atoms with Gasteiger partial charge < -0.3 is 14.8 Å². The third kappa shape index (κ3) is 4.68. The molecule has 0 aliphatic rings. The third-order valence-corrected chi connectivity index (χ3v) is 4.00. The van der Waals surface area contributed by atoms with E-state index in [-0.39, 0.29) is 28.4 Å². The molecule has 0 fully saturated rings. The number of nitro groups is 2. The second-order valence-electron chi connectivity index (χ2n) is 5.98. The number of methoxy groups -OCH3 is 1. The van der Waals surface area contributed by atoms with Crippen LogP contribution in [0.15, 0.2) is 66.7 Å². The number of carbonyl (C=O) groups excluding carboxylic acids is 1. The Kier molecular flexibility index (Phi) is 5.87. The number of nitrogens with one attached hydrogen (secondary N) is 1. The normalized spacial score (nSPS) is 10.2. The van der Waals surface area contributed by atoms with Crippen LogP contribution in [-0.4, -0.2) is 22.9 Å². The van der Waals surface area contributed by atoms with E-state index in [0.29, 0.717) is 11.5 Å². The Morgan fingerprint density at radius 2 is 1.50 bits per heavy atom. The van der Waals surface area contributed by atoms with E-state index >= 15 is 0 Å². The van der Waals surface area contributed by atoms with Gasteiger partial charge in [-0.1, -0.05) is 12.1 Å². The number of hydrogen-bond acceptors (Lipinski definition) is 7. The van der Waals surface area contributed by atoms with Crippen molar-refractivity contribution in [1.82, 2.24) is 0 Å². The van der Waals surface area contributed by atoms with Gasteiger partial charge in [0.15, 0.2) is 11.5 Å². The topological polar surface area (TPSA) is 134 Å². The fourth-order valence-electron chi connectivity index (χ4n) is 2.59. The summed E-state index contributed by atoms with van der Waals surface area (Å²) >= 11 is 0. The Bertz CT molecular complexity index is 1110. The predicted octanol–water partition coefficient (Wildman–Crippen LogP) is 4.56. The van der Waals surface area contributed by atoms with Gasteiger partial charge >= 0.3 is 0 Å². The highest BCUT2D eigenvalue weighted by Gasteiger charge is 2.16. The second kappa shape index (κ2) is 8.69.